The van der Waals surface area contributed by atoms with Crippen LogP contribution in [0.2, 0.25) is 0 Å². The lowest BCUT2D eigenvalue weighted by atomic mass is 9.77. The van der Waals surface area contributed by atoms with Gasteiger partial charge in [-0.2, -0.15) is 0 Å². The number of aryl methyl sites for hydroxylation is 1. The van der Waals surface area contributed by atoms with Gasteiger partial charge in [0.25, 0.3) is 0 Å². The Hall–Kier alpha value is -1.46. The normalized spacial score (nSPS) is 26.2. The summed E-state index contributed by atoms with van der Waals surface area (Å²) in [4.78, 5) is 32.4. The summed E-state index contributed by atoms with van der Waals surface area (Å²) in [5.41, 5.74) is 1.75. The smallest absolute Gasteiger partial charge is 0.152 e. The lowest BCUT2D eigenvalue weighted by Gasteiger charge is -2.24. The highest BCUT2D eigenvalue weighted by atomic mass is 32.2. The number of hydrogen-bond donors (Lipinski definition) is 0. The van der Waals surface area contributed by atoms with Gasteiger partial charge < -0.3 is 0 Å². The van der Waals surface area contributed by atoms with Crippen molar-refractivity contribution in [2.75, 3.05) is 6.26 Å². The molecule has 0 amide bonds. The number of fused-ring (bicyclic) bond motifs is 2. The predicted octanol–water partition coefficient (Wildman–Crippen LogP) is 4.49. The fourth-order valence-corrected chi connectivity index (χ4v) is 5.28. The summed E-state index contributed by atoms with van der Waals surface area (Å²) in [5, 5.41) is 0.897. The Balaban J connectivity index is 1.70. The largest absolute Gasteiger partial charge is 0.298 e. The highest BCUT2D eigenvalue weighted by Crippen LogP contribution is 2.45. The molecule has 2 aliphatic carbocycles. The van der Waals surface area contributed by atoms with Crippen LogP contribution in [0.4, 0.5) is 0 Å². The number of aromatic nitrogens is 1. The maximum absolute atomic E-state index is 12.7. The molecule has 2 aliphatic rings. The molecule has 24 heavy (non-hydrogen) atoms. The Morgan fingerprint density at radius 3 is 2.29 bits per heavy atom. The Morgan fingerprint density at radius 2 is 1.71 bits per heavy atom. The number of carbonyl (C=O) groups is 2. The summed E-state index contributed by atoms with van der Waals surface area (Å²) in [5.74, 6) is -0.268. The van der Waals surface area contributed by atoms with Gasteiger partial charge in [0.2, 0.25) is 0 Å². The molecule has 5 heteroatoms. The molecule has 2 aromatic rings. The van der Waals surface area contributed by atoms with Crippen LogP contribution in [-0.4, -0.2) is 22.8 Å². The monoisotopic (exact) mass is 357 g/mol. The number of hydrogen-bond acceptors (Lipinski definition) is 5. The van der Waals surface area contributed by atoms with Crippen LogP contribution in [0.15, 0.2) is 29.2 Å². The van der Waals surface area contributed by atoms with Crippen molar-refractivity contribution in [3.63, 3.8) is 0 Å². The maximum Gasteiger partial charge on any atom is 0.152 e. The molecule has 1 unspecified atom stereocenters. The van der Waals surface area contributed by atoms with Gasteiger partial charge in [-0.15, -0.1) is 23.1 Å². The fourth-order valence-electron chi connectivity index (χ4n) is 3.91. The Kier molecular flexibility index (Phi) is 4.09. The van der Waals surface area contributed by atoms with E-state index < -0.39 is 5.92 Å². The van der Waals surface area contributed by atoms with Gasteiger partial charge >= 0.3 is 0 Å². The third-order valence-electron chi connectivity index (χ3n) is 5.25. The second-order valence-electron chi connectivity index (χ2n) is 6.63. The molecule has 4 rings (SSSR count). The van der Waals surface area contributed by atoms with E-state index in [0.717, 1.165) is 34.7 Å². The van der Waals surface area contributed by atoms with Gasteiger partial charge in [-0.3, -0.25) is 9.59 Å². The summed E-state index contributed by atoms with van der Waals surface area (Å²) in [7, 11) is 0. The van der Waals surface area contributed by atoms with Gasteiger partial charge in [0, 0.05) is 27.2 Å². The van der Waals surface area contributed by atoms with Crippen LogP contribution >= 0.6 is 23.1 Å². The van der Waals surface area contributed by atoms with Crippen LogP contribution in [0.5, 0.6) is 0 Å². The highest BCUT2D eigenvalue weighted by molar-refractivity contribution is 7.98. The van der Waals surface area contributed by atoms with Crippen molar-refractivity contribution in [1.82, 2.24) is 4.98 Å². The first-order valence-corrected chi connectivity index (χ1v) is 10.3. The minimum absolute atomic E-state index is 0.0723. The molecule has 1 heterocycles. The van der Waals surface area contributed by atoms with Crippen molar-refractivity contribution < 1.29 is 9.59 Å². The van der Waals surface area contributed by atoms with E-state index in [4.69, 9.17) is 4.98 Å². The SMILES string of the molecule is CSc1ccc(-c2nc(C3C(=O)[C@@H]4CC[C@@H](C4)C3=O)c(C)s2)cc1. The molecular formula is C19H19NO2S2. The molecule has 0 aliphatic heterocycles. The third kappa shape index (κ3) is 2.54. The van der Waals surface area contributed by atoms with Gasteiger partial charge in [0.05, 0.1) is 5.69 Å². The summed E-state index contributed by atoms with van der Waals surface area (Å²) < 4.78 is 0. The van der Waals surface area contributed by atoms with Gasteiger partial charge in [-0.05, 0) is 44.6 Å². The van der Waals surface area contributed by atoms with E-state index in [2.05, 4.69) is 30.5 Å². The minimum atomic E-state index is -0.619. The maximum atomic E-state index is 12.7. The van der Waals surface area contributed by atoms with Crippen LogP contribution in [0.25, 0.3) is 10.6 Å². The molecule has 0 saturated heterocycles. The zero-order valence-electron chi connectivity index (χ0n) is 13.7. The molecule has 1 aromatic carbocycles. The van der Waals surface area contributed by atoms with E-state index in [1.807, 2.05) is 6.92 Å². The van der Waals surface area contributed by atoms with Crippen molar-refractivity contribution >= 4 is 34.7 Å². The van der Waals surface area contributed by atoms with Gasteiger partial charge in [-0.25, -0.2) is 4.98 Å². The van der Waals surface area contributed by atoms with E-state index in [-0.39, 0.29) is 23.4 Å². The molecule has 2 bridgehead atoms. The third-order valence-corrected chi connectivity index (χ3v) is 7.03. The fraction of sp³-hybridized carbons (Fsp3) is 0.421. The van der Waals surface area contributed by atoms with Gasteiger partial charge in [-0.1, -0.05) is 12.1 Å². The van der Waals surface area contributed by atoms with Crippen molar-refractivity contribution in [3.05, 3.63) is 34.8 Å². The Morgan fingerprint density at radius 1 is 1.08 bits per heavy atom. The number of thioether (sulfide) groups is 1. The number of nitrogens with zero attached hydrogens (tertiary/aromatic N) is 1. The van der Waals surface area contributed by atoms with Crippen molar-refractivity contribution in [2.24, 2.45) is 11.8 Å². The zero-order valence-corrected chi connectivity index (χ0v) is 15.4. The molecule has 3 atom stereocenters. The van der Waals surface area contributed by atoms with Crippen LogP contribution in [-0.2, 0) is 9.59 Å². The molecule has 2 saturated carbocycles. The topological polar surface area (TPSA) is 47.0 Å². The first kappa shape index (κ1) is 16.0. The first-order valence-electron chi connectivity index (χ1n) is 8.27. The quantitative estimate of drug-likeness (QED) is 0.600. The molecule has 1 aromatic heterocycles. The molecular weight excluding hydrogens is 338 g/mol. The zero-order chi connectivity index (χ0) is 16.8. The summed E-state index contributed by atoms with van der Waals surface area (Å²) in [6, 6.07) is 8.27. The summed E-state index contributed by atoms with van der Waals surface area (Å²) in [6.07, 6.45) is 4.56. The molecule has 2 fully saturated rings. The highest BCUT2D eigenvalue weighted by Gasteiger charge is 2.48. The number of rotatable bonds is 3. The second-order valence-corrected chi connectivity index (χ2v) is 8.72. The average molecular weight is 358 g/mol. The molecule has 3 nitrogen and oxygen atoms in total. The van der Waals surface area contributed by atoms with E-state index >= 15 is 0 Å². The lowest BCUT2D eigenvalue weighted by Crippen LogP contribution is -2.35. The minimum Gasteiger partial charge on any atom is -0.298 e. The number of ketones is 2. The number of Topliss-reactive ketones (excluding diaryl/α,β-unsaturated/α-hetero) is 2. The predicted molar refractivity (Wildman–Crippen MR) is 97.7 cm³/mol. The van der Waals surface area contributed by atoms with Crippen molar-refractivity contribution in [2.45, 2.75) is 37.0 Å². The van der Waals surface area contributed by atoms with E-state index in [1.54, 1.807) is 23.1 Å². The van der Waals surface area contributed by atoms with E-state index in [9.17, 15) is 9.59 Å². The number of thiazole rings is 1. The van der Waals surface area contributed by atoms with Crippen LogP contribution in [0.1, 0.15) is 35.8 Å². The van der Waals surface area contributed by atoms with Gasteiger partial charge in [0.15, 0.2) is 11.6 Å². The molecule has 0 spiro atoms. The molecule has 124 valence electrons. The van der Waals surface area contributed by atoms with E-state index in [0.29, 0.717) is 5.69 Å². The summed E-state index contributed by atoms with van der Waals surface area (Å²) in [6.45, 7) is 1.98. The molecule has 0 N–H and O–H groups in total. The van der Waals surface area contributed by atoms with Crippen LogP contribution < -0.4 is 0 Å². The van der Waals surface area contributed by atoms with Crippen molar-refractivity contribution in [1.29, 1.82) is 0 Å². The average Bonchev–Trinajstić information content (AvgIpc) is 3.20. The Bertz CT molecular complexity index is 787. The van der Waals surface area contributed by atoms with Crippen LogP contribution in [0.3, 0.4) is 0 Å². The first-order chi connectivity index (χ1) is 11.6. The van der Waals surface area contributed by atoms with Gasteiger partial charge in [0.1, 0.15) is 10.9 Å². The lowest BCUT2D eigenvalue weighted by molar-refractivity contribution is -0.136. The number of benzene rings is 1. The summed E-state index contributed by atoms with van der Waals surface area (Å²) >= 11 is 3.28. The standard InChI is InChI=1S/C19H19NO2S2/c1-10-16(15-17(21)12-3-4-13(9-12)18(15)22)20-19(24-10)11-5-7-14(23-2)8-6-11/h5-8,12-13,15H,3-4,9H2,1-2H3/t12-,13+,15?. The second kappa shape index (κ2) is 6.12. The van der Waals surface area contributed by atoms with Crippen LogP contribution in [0, 0.1) is 18.8 Å². The van der Waals surface area contributed by atoms with E-state index in [1.165, 1.54) is 4.90 Å². The Labute approximate surface area is 149 Å². The molecule has 0 radical (unpaired) electrons. The number of carbonyl (C=O) groups excluding carboxylic acids is 2. The van der Waals surface area contributed by atoms with Crippen molar-refractivity contribution in [3.8, 4) is 10.6 Å².